The standard InChI is InChI=1S/C8H12N2/c1-5-7(3,9-5)8(4)6(2)10-8/h1-4H3/t7-,8+. The van der Waals surface area contributed by atoms with E-state index in [0.717, 1.165) is 0 Å². The molecule has 0 spiro atoms. The molecule has 0 aliphatic carbocycles. The maximum Gasteiger partial charge on any atom is 0.125 e. The Morgan fingerprint density at radius 1 is 0.900 bits per heavy atom. The van der Waals surface area contributed by atoms with Crippen LogP contribution in [0.1, 0.15) is 27.7 Å². The first-order chi connectivity index (χ1) is 4.51. The van der Waals surface area contributed by atoms with Crippen LogP contribution in [0.25, 0.3) is 0 Å². The van der Waals surface area contributed by atoms with Gasteiger partial charge in [0.15, 0.2) is 0 Å². The lowest BCUT2D eigenvalue weighted by molar-refractivity contribution is 0.571. The number of hydrogen-bond acceptors (Lipinski definition) is 2. The largest absolute Gasteiger partial charge is 0.276 e. The SMILES string of the molecule is CC1=N[C@]1(C)[C@]1(C)N=C1C. The molecule has 0 fully saturated rings. The highest BCUT2D eigenvalue weighted by Crippen LogP contribution is 2.48. The Labute approximate surface area is 61.1 Å². The molecule has 2 heterocycles. The molecule has 2 heteroatoms. The second-order valence-electron chi connectivity index (χ2n) is 3.54. The maximum absolute atomic E-state index is 4.37. The van der Waals surface area contributed by atoms with E-state index in [0.29, 0.717) is 0 Å². The van der Waals surface area contributed by atoms with Gasteiger partial charge >= 0.3 is 0 Å². The monoisotopic (exact) mass is 136 g/mol. The summed E-state index contributed by atoms with van der Waals surface area (Å²) in [6.45, 7) is 8.46. The van der Waals surface area contributed by atoms with Crippen molar-refractivity contribution in [1.82, 2.24) is 0 Å². The zero-order valence-corrected chi connectivity index (χ0v) is 6.89. The van der Waals surface area contributed by atoms with E-state index in [9.17, 15) is 0 Å². The van der Waals surface area contributed by atoms with E-state index >= 15 is 0 Å². The molecule has 0 amide bonds. The summed E-state index contributed by atoms with van der Waals surface area (Å²) >= 11 is 0. The van der Waals surface area contributed by atoms with Gasteiger partial charge in [0, 0.05) is 11.4 Å². The molecule has 0 radical (unpaired) electrons. The van der Waals surface area contributed by atoms with Crippen molar-refractivity contribution in [2.24, 2.45) is 9.98 Å². The van der Waals surface area contributed by atoms with Crippen molar-refractivity contribution in [3.8, 4) is 0 Å². The van der Waals surface area contributed by atoms with Crippen LogP contribution < -0.4 is 0 Å². The van der Waals surface area contributed by atoms with Crippen LogP contribution in [0, 0.1) is 0 Å². The first kappa shape index (κ1) is 6.08. The van der Waals surface area contributed by atoms with Crippen molar-refractivity contribution in [3.63, 3.8) is 0 Å². The lowest BCUT2D eigenvalue weighted by Crippen LogP contribution is -2.35. The fourth-order valence-electron chi connectivity index (χ4n) is 1.54. The van der Waals surface area contributed by atoms with E-state index in [1.807, 2.05) is 0 Å². The number of aliphatic imine (C=N–C) groups is 2. The summed E-state index contributed by atoms with van der Waals surface area (Å²) in [5, 5.41) is 0. The zero-order chi connectivity index (χ0) is 7.57. The first-order valence-corrected chi connectivity index (χ1v) is 3.64. The van der Waals surface area contributed by atoms with Gasteiger partial charge < -0.3 is 0 Å². The fraction of sp³-hybridized carbons (Fsp3) is 0.750. The van der Waals surface area contributed by atoms with E-state index < -0.39 is 0 Å². The van der Waals surface area contributed by atoms with Gasteiger partial charge in [-0.2, -0.15) is 0 Å². The minimum absolute atomic E-state index is 0.0666. The van der Waals surface area contributed by atoms with Crippen molar-refractivity contribution in [2.75, 3.05) is 0 Å². The van der Waals surface area contributed by atoms with E-state index in [4.69, 9.17) is 0 Å². The van der Waals surface area contributed by atoms with Crippen LogP contribution in [0.5, 0.6) is 0 Å². The molecular formula is C8H12N2. The van der Waals surface area contributed by atoms with Crippen LogP contribution in [0.15, 0.2) is 9.98 Å². The van der Waals surface area contributed by atoms with E-state index in [1.165, 1.54) is 11.4 Å². The van der Waals surface area contributed by atoms with Gasteiger partial charge in [0.1, 0.15) is 11.1 Å². The topological polar surface area (TPSA) is 24.7 Å². The van der Waals surface area contributed by atoms with Crippen molar-refractivity contribution in [3.05, 3.63) is 0 Å². The molecule has 0 saturated heterocycles. The molecule has 0 aromatic heterocycles. The third-order valence-electron chi connectivity index (χ3n) is 3.04. The summed E-state index contributed by atoms with van der Waals surface area (Å²) in [5.74, 6) is 0. The highest BCUT2D eigenvalue weighted by atomic mass is 15.2. The van der Waals surface area contributed by atoms with E-state index in [-0.39, 0.29) is 11.1 Å². The molecule has 2 aliphatic rings. The maximum atomic E-state index is 4.37. The molecule has 0 aromatic rings. The first-order valence-electron chi connectivity index (χ1n) is 3.64. The highest BCUT2D eigenvalue weighted by Gasteiger charge is 2.62. The zero-order valence-electron chi connectivity index (χ0n) is 6.89. The van der Waals surface area contributed by atoms with Crippen LogP contribution in [-0.2, 0) is 0 Å². The van der Waals surface area contributed by atoms with Gasteiger partial charge in [0.2, 0.25) is 0 Å². The molecule has 2 nitrogen and oxygen atoms in total. The Hall–Kier alpha value is -0.660. The van der Waals surface area contributed by atoms with Crippen LogP contribution >= 0.6 is 0 Å². The minimum atomic E-state index is 0.0666. The van der Waals surface area contributed by atoms with Gasteiger partial charge in [0.25, 0.3) is 0 Å². The smallest absolute Gasteiger partial charge is 0.125 e. The number of rotatable bonds is 1. The van der Waals surface area contributed by atoms with Crippen molar-refractivity contribution in [1.29, 1.82) is 0 Å². The molecule has 0 unspecified atom stereocenters. The lowest BCUT2D eigenvalue weighted by atomic mass is 9.86. The van der Waals surface area contributed by atoms with Crippen LogP contribution in [0.3, 0.4) is 0 Å². The van der Waals surface area contributed by atoms with E-state index in [2.05, 4.69) is 37.7 Å². The summed E-state index contributed by atoms with van der Waals surface area (Å²) in [6.07, 6.45) is 0. The van der Waals surface area contributed by atoms with Crippen LogP contribution in [0.4, 0.5) is 0 Å². The van der Waals surface area contributed by atoms with Gasteiger partial charge in [-0.15, -0.1) is 0 Å². The Morgan fingerprint density at radius 3 is 1.20 bits per heavy atom. The van der Waals surface area contributed by atoms with E-state index in [1.54, 1.807) is 0 Å². The fourth-order valence-corrected chi connectivity index (χ4v) is 1.54. The average molecular weight is 136 g/mol. The summed E-state index contributed by atoms with van der Waals surface area (Å²) in [4.78, 5) is 8.75. The molecule has 54 valence electrons. The van der Waals surface area contributed by atoms with Crippen molar-refractivity contribution >= 4 is 11.4 Å². The Balaban J connectivity index is 2.18. The van der Waals surface area contributed by atoms with Crippen LogP contribution in [0.2, 0.25) is 0 Å². The minimum Gasteiger partial charge on any atom is -0.276 e. The molecule has 0 aromatic carbocycles. The summed E-state index contributed by atoms with van der Waals surface area (Å²) < 4.78 is 0. The molecule has 0 N–H and O–H groups in total. The molecule has 0 saturated carbocycles. The second kappa shape index (κ2) is 1.20. The van der Waals surface area contributed by atoms with Crippen molar-refractivity contribution < 1.29 is 0 Å². The molecule has 10 heavy (non-hydrogen) atoms. The second-order valence-corrected chi connectivity index (χ2v) is 3.54. The third kappa shape index (κ3) is 0.425. The summed E-state index contributed by atoms with van der Waals surface area (Å²) in [6, 6.07) is 0. The summed E-state index contributed by atoms with van der Waals surface area (Å²) in [7, 11) is 0. The van der Waals surface area contributed by atoms with Crippen LogP contribution in [-0.4, -0.2) is 22.5 Å². The number of hydrogen-bond donors (Lipinski definition) is 0. The van der Waals surface area contributed by atoms with Gasteiger partial charge in [-0.25, -0.2) is 0 Å². The van der Waals surface area contributed by atoms with Gasteiger partial charge in [-0.1, -0.05) is 0 Å². The Bertz CT molecular complexity index is 236. The van der Waals surface area contributed by atoms with Gasteiger partial charge in [0.05, 0.1) is 0 Å². The molecule has 2 rings (SSSR count). The molecule has 0 bridgehead atoms. The molecular weight excluding hydrogens is 124 g/mol. The predicted octanol–water partition coefficient (Wildman–Crippen LogP) is 1.45. The normalized spacial score (nSPS) is 50.0. The van der Waals surface area contributed by atoms with Gasteiger partial charge in [-0.3, -0.25) is 9.98 Å². The van der Waals surface area contributed by atoms with Crippen molar-refractivity contribution in [2.45, 2.75) is 38.8 Å². The third-order valence-corrected chi connectivity index (χ3v) is 3.04. The highest BCUT2D eigenvalue weighted by molar-refractivity contribution is 6.17. The Kier molecular flexibility index (Phi) is 0.730. The molecule has 2 aliphatic heterocycles. The average Bonchev–Trinajstić information content (AvgIpc) is 2.58. The van der Waals surface area contributed by atoms with Gasteiger partial charge in [-0.05, 0) is 27.7 Å². The Morgan fingerprint density at radius 2 is 1.10 bits per heavy atom. The lowest BCUT2D eigenvalue weighted by Gasteiger charge is -2.15. The quantitative estimate of drug-likeness (QED) is 0.521. The summed E-state index contributed by atoms with van der Waals surface area (Å²) in [5.41, 5.74) is 2.62. The number of nitrogens with zero attached hydrogens (tertiary/aromatic N) is 2. The molecule has 2 atom stereocenters. The predicted molar refractivity (Wildman–Crippen MR) is 43.0 cm³/mol.